The van der Waals surface area contributed by atoms with Crippen molar-refractivity contribution in [1.29, 1.82) is 0 Å². The third kappa shape index (κ3) is 5.31. The van der Waals surface area contributed by atoms with E-state index < -0.39 is 8.32 Å². The lowest BCUT2D eigenvalue weighted by Gasteiger charge is -2.42. The molecular formula is C31H40O2Si. The average Bonchev–Trinajstić information content (AvgIpc) is 2.82. The largest absolute Gasteiger partial charge is 0.543 e. The number of hydrogen-bond acceptors (Lipinski definition) is 2. The number of aromatic hydroxyl groups is 1. The lowest BCUT2D eigenvalue weighted by Crippen LogP contribution is -2.50. The quantitative estimate of drug-likeness (QED) is 0.248. The molecule has 0 bridgehead atoms. The fourth-order valence-corrected chi connectivity index (χ4v) is 10.8. The molecule has 3 rings (SSSR count). The molecule has 180 valence electrons. The first-order valence-corrected chi connectivity index (χ1v) is 14.7. The summed E-state index contributed by atoms with van der Waals surface area (Å²) in [6.07, 6.45) is 0.905. The fourth-order valence-electron chi connectivity index (χ4n) is 5.56. The van der Waals surface area contributed by atoms with Gasteiger partial charge in [0, 0.05) is 0 Å². The first-order chi connectivity index (χ1) is 16.2. The van der Waals surface area contributed by atoms with Gasteiger partial charge in [-0.1, -0.05) is 103 Å². The summed E-state index contributed by atoms with van der Waals surface area (Å²) in [6.45, 7) is 16.1. The Labute approximate surface area is 207 Å². The zero-order chi connectivity index (χ0) is 24.9. The molecule has 0 radical (unpaired) electrons. The van der Waals surface area contributed by atoms with Crippen LogP contribution in [0.15, 0.2) is 78.9 Å². The second kappa shape index (κ2) is 11.1. The van der Waals surface area contributed by atoms with Gasteiger partial charge >= 0.3 is 0 Å². The number of phenolic OH excluding ortho intramolecular Hbond substituents is 1. The summed E-state index contributed by atoms with van der Waals surface area (Å²) in [5.41, 5.74) is 7.56. The maximum absolute atomic E-state index is 9.87. The molecule has 0 unspecified atom stereocenters. The van der Waals surface area contributed by atoms with Gasteiger partial charge < -0.3 is 9.53 Å². The second-order valence-corrected chi connectivity index (χ2v) is 15.4. The molecule has 1 N–H and O–H groups in total. The summed E-state index contributed by atoms with van der Waals surface area (Å²) in [5.74, 6) is 1.25. The van der Waals surface area contributed by atoms with Gasteiger partial charge in [0.25, 0.3) is 8.32 Å². The molecule has 0 aliphatic carbocycles. The first kappa shape index (κ1) is 25.8. The Morgan fingerprint density at radius 1 is 0.676 bits per heavy atom. The van der Waals surface area contributed by atoms with Gasteiger partial charge in [-0.25, -0.2) is 0 Å². The SMILES string of the molecule is CC/C(=C(/c1ccc(O)cc1)c1ccc(O[Si](C(C)C)(C(C)C)C(C)C)cc1)c1ccccc1. The molecule has 0 amide bonds. The molecule has 0 heterocycles. The molecule has 3 aromatic carbocycles. The minimum atomic E-state index is -2.00. The van der Waals surface area contributed by atoms with Crippen LogP contribution in [0.5, 0.6) is 11.5 Å². The summed E-state index contributed by atoms with van der Waals surface area (Å²) >= 11 is 0. The van der Waals surface area contributed by atoms with E-state index in [1.807, 2.05) is 12.1 Å². The van der Waals surface area contributed by atoms with Crippen LogP contribution in [0.3, 0.4) is 0 Å². The maximum atomic E-state index is 9.87. The second-order valence-electron chi connectivity index (χ2n) is 10.1. The predicted molar refractivity (Wildman–Crippen MR) is 149 cm³/mol. The Morgan fingerprint density at radius 3 is 1.59 bits per heavy atom. The lowest BCUT2D eigenvalue weighted by atomic mass is 9.88. The third-order valence-electron chi connectivity index (χ3n) is 7.08. The van der Waals surface area contributed by atoms with Crippen LogP contribution in [0.1, 0.15) is 71.6 Å². The molecule has 0 saturated carbocycles. The van der Waals surface area contributed by atoms with Gasteiger partial charge in [0.1, 0.15) is 11.5 Å². The minimum absolute atomic E-state index is 0.280. The molecule has 0 aliphatic rings. The van der Waals surface area contributed by atoms with Gasteiger partial charge in [0.05, 0.1) is 0 Å². The van der Waals surface area contributed by atoms with E-state index in [1.54, 1.807) is 12.1 Å². The Morgan fingerprint density at radius 2 is 1.15 bits per heavy atom. The topological polar surface area (TPSA) is 29.5 Å². The first-order valence-electron chi connectivity index (χ1n) is 12.6. The minimum Gasteiger partial charge on any atom is -0.543 e. The van der Waals surface area contributed by atoms with Crippen LogP contribution in [0, 0.1) is 0 Å². The molecule has 0 saturated heterocycles. The number of allylic oxidation sites excluding steroid dienone is 1. The summed E-state index contributed by atoms with van der Waals surface area (Å²) in [4.78, 5) is 0. The highest BCUT2D eigenvalue weighted by Crippen LogP contribution is 2.43. The van der Waals surface area contributed by atoms with Gasteiger partial charge in [-0.3, -0.25) is 0 Å². The highest BCUT2D eigenvalue weighted by atomic mass is 28.4. The van der Waals surface area contributed by atoms with Crippen LogP contribution in [0.2, 0.25) is 16.6 Å². The molecule has 0 spiro atoms. The lowest BCUT2D eigenvalue weighted by molar-refractivity contribution is 0.475. The average molecular weight is 473 g/mol. The highest BCUT2D eigenvalue weighted by Gasteiger charge is 2.46. The Hall–Kier alpha value is -2.78. The molecule has 0 aliphatic heterocycles. The maximum Gasteiger partial charge on any atom is 0.258 e. The molecule has 3 aromatic rings. The van der Waals surface area contributed by atoms with E-state index in [0.29, 0.717) is 16.6 Å². The van der Waals surface area contributed by atoms with Crippen molar-refractivity contribution in [3.05, 3.63) is 95.6 Å². The van der Waals surface area contributed by atoms with Crippen LogP contribution in [-0.2, 0) is 0 Å². The molecule has 2 nitrogen and oxygen atoms in total. The van der Waals surface area contributed by atoms with Crippen molar-refractivity contribution in [2.75, 3.05) is 0 Å². The smallest absolute Gasteiger partial charge is 0.258 e. The molecule has 0 fully saturated rings. The van der Waals surface area contributed by atoms with Gasteiger partial charge in [-0.05, 0) is 75.1 Å². The fraction of sp³-hybridized carbons (Fsp3) is 0.355. The van der Waals surface area contributed by atoms with Gasteiger partial charge in [-0.15, -0.1) is 0 Å². The number of phenols is 1. The molecule has 0 aromatic heterocycles. The Bertz CT molecular complexity index is 1060. The normalized spacial score (nSPS) is 12.9. The predicted octanol–water partition coefficient (Wildman–Crippen LogP) is 9.32. The monoisotopic (exact) mass is 472 g/mol. The van der Waals surface area contributed by atoms with E-state index in [1.165, 1.54) is 16.7 Å². The summed E-state index contributed by atoms with van der Waals surface area (Å²) in [5, 5.41) is 9.87. The summed E-state index contributed by atoms with van der Waals surface area (Å²) in [6, 6.07) is 26.8. The van der Waals surface area contributed by atoms with Crippen LogP contribution in [-0.4, -0.2) is 13.4 Å². The zero-order valence-corrected chi connectivity index (χ0v) is 22.8. The Kier molecular flexibility index (Phi) is 8.43. The number of rotatable bonds is 9. The van der Waals surface area contributed by atoms with E-state index >= 15 is 0 Å². The highest BCUT2D eigenvalue weighted by molar-refractivity contribution is 6.78. The van der Waals surface area contributed by atoms with E-state index in [-0.39, 0.29) is 5.75 Å². The van der Waals surface area contributed by atoms with Crippen molar-refractivity contribution in [2.24, 2.45) is 0 Å². The van der Waals surface area contributed by atoms with Gasteiger partial charge in [-0.2, -0.15) is 0 Å². The van der Waals surface area contributed by atoms with E-state index in [0.717, 1.165) is 23.3 Å². The van der Waals surface area contributed by atoms with Crippen molar-refractivity contribution in [2.45, 2.75) is 71.5 Å². The number of benzene rings is 3. The van der Waals surface area contributed by atoms with E-state index in [9.17, 15) is 5.11 Å². The summed E-state index contributed by atoms with van der Waals surface area (Å²) < 4.78 is 6.90. The van der Waals surface area contributed by atoms with Crippen molar-refractivity contribution in [1.82, 2.24) is 0 Å². The molecule has 34 heavy (non-hydrogen) atoms. The van der Waals surface area contributed by atoms with Crippen LogP contribution < -0.4 is 4.43 Å². The van der Waals surface area contributed by atoms with Crippen LogP contribution in [0.25, 0.3) is 11.1 Å². The van der Waals surface area contributed by atoms with Crippen molar-refractivity contribution >= 4 is 19.5 Å². The summed E-state index contributed by atoms with van der Waals surface area (Å²) in [7, 11) is -2.00. The molecule has 3 heteroatoms. The van der Waals surface area contributed by atoms with E-state index in [4.69, 9.17) is 4.43 Å². The van der Waals surface area contributed by atoms with Crippen molar-refractivity contribution in [3.8, 4) is 11.5 Å². The number of hydrogen-bond donors (Lipinski definition) is 1. The van der Waals surface area contributed by atoms with E-state index in [2.05, 4.69) is 103 Å². The third-order valence-corrected chi connectivity index (χ3v) is 13.1. The van der Waals surface area contributed by atoms with Crippen LogP contribution >= 0.6 is 0 Å². The van der Waals surface area contributed by atoms with Crippen molar-refractivity contribution < 1.29 is 9.53 Å². The Balaban J connectivity index is 2.10. The van der Waals surface area contributed by atoms with Crippen molar-refractivity contribution in [3.63, 3.8) is 0 Å². The standard InChI is InChI=1S/C31H40O2Si/c1-8-30(25-12-10-9-11-13-25)31(26-14-18-28(32)19-15-26)27-16-20-29(21-17-27)33-34(22(2)3,23(4)5)24(6)7/h9-24,32H,8H2,1-7H3/b31-30+. The van der Waals surface area contributed by atoms with Gasteiger partial charge in [0.2, 0.25) is 0 Å². The van der Waals surface area contributed by atoms with Crippen LogP contribution in [0.4, 0.5) is 0 Å². The zero-order valence-electron chi connectivity index (χ0n) is 21.8. The molecule has 0 atom stereocenters. The van der Waals surface area contributed by atoms with Gasteiger partial charge in [0.15, 0.2) is 0 Å². The molecular weight excluding hydrogens is 432 g/mol.